The lowest BCUT2D eigenvalue weighted by Gasteiger charge is -2.29. The molecular formula is C24H27IO6. The zero-order chi connectivity index (χ0) is 22.9. The molecular weight excluding hydrogens is 511 g/mol. The zero-order valence-corrected chi connectivity index (χ0v) is 20.1. The molecule has 0 N–H and O–H groups in total. The van der Waals surface area contributed by atoms with Gasteiger partial charge in [-0.15, -0.1) is 0 Å². The average molecular weight is 538 g/mol. The Morgan fingerprint density at radius 2 is 1.52 bits per heavy atom. The molecule has 2 aromatic rings. The fourth-order valence-corrected chi connectivity index (χ4v) is 3.93. The Morgan fingerprint density at radius 1 is 0.935 bits per heavy atom. The Kier molecular flexibility index (Phi) is 9.48. The summed E-state index contributed by atoms with van der Waals surface area (Å²) in [5.41, 5.74) is -0.685. The van der Waals surface area contributed by atoms with Crippen molar-refractivity contribution in [2.24, 2.45) is 5.41 Å². The van der Waals surface area contributed by atoms with Crippen molar-refractivity contribution in [2.45, 2.75) is 33.6 Å². The van der Waals surface area contributed by atoms with Crippen LogP contribution in [0, 0.1) is 8.99 Å². The van der Waals surface area contributed by atoms with E-state index in [-0.39, 0.29) is 32.7 Å². The highest BCUT2D eigenvalue weighted by Crippen LogP contribution is 2.35. The quantitative estimate of drug-likeness (QED) is 0.145. The molecule has 6 nitrogen and oxygen atoms in total. The number of allylic oxidation sites excluding steroid dienone is 1. The summed E-state index contributed by atoms with van der Waals surface area (Å²) in [6.45, 7) is 5.06. The maximum Gasteiger partial charge on any atom is 0.324 e. The van der Waals surface area contributed by atoms with E-state index in [2.05, 4.69) is 22.6 Å². The lowest BCUT2D eigenvalue weighted by molar-refractivity contribution is -0.172. The molecule has 0 aromatic heterocycles. The van der Waals surface area contributed by atoms with Crippen LogP contribution in [-0.4, -0.2) is 37.7 Å². The van der Waals surface area contributed by atoms with E-state index < -0.39 is 23.3 Å². The van der Waals surface area contributed by atoms with Crippen LogP contribution >= 0.6 is 22.6 Å². The molecule has 0 fully saturated rings. The molecule has 0 aliphatic heterocycles. The first kappa shape index (κ1) is 24.8. The normalized spacial score (nSPS) is 11.5. The molecule has 7 heteroatoms. The highest BCUT2D eigenvalue weighted by molar-refractivity contribution is 14.1. The van der Waals surface area contributed by atoms with Gasteiger partial charge in [0.25, 0.3) is 0 Å². The molecule has 0 aliphatic carbocycles. The molecule has 0 saturated heterocycles. The van der Waals surface area contributed by atoms with Gasteiger partial charge in [-0.2, -0.15) is 0 Å². The number of hydrogen-bond donors (Lipinski definition) is 0. The predicted octanol–water partition coefficient (Wildman–Crippen LogP) is 4.61. The predicted molar refractivity (Wildman–Crippen MR) is 126 cm³/mol. The van der Waals surface area contributed by atoms with Gasteiger partial charge in [-0.05, 0) is 65.3 Å². The third-order valence-corrected chi connectivity index (χ3v) is 5.76. The van der Waals surface area contributed by atoms with Gasteiger partial charge in [0.2, 0.25) is 0 Å². The van der Waals surface area contributed by atoms with E-state index in [0.717, 1.165) is 19.9 Å². The minimum absolute atomic E-state index is 0.0601. The Balaban J connectivity index is 2.47. The molecule has 2 aromatic carbocycles. The van der Waals surface area contributed by atoms with Crippen molar-refractivity contribution >= 4 is 51.3 Å². The van der Waals surface area contributed by atoms with Gasteiger partial charge in [0.05, 0.1) is 13.2 Å². The molecule has 0 atom stereocenters. The van der Waals surface area contributed by atoms with Crippen LogP contribution in [0.5, 0.6) is 0 Å². The van der Waals surface area contributed by atoms with Crippen molar-refractivity contribution in [3.8, 4) is 0 Å². The van der Waals surface area contributed by atoms with Crippen molar-refractivity contribution < 1.29 is 28.6 Å². The lowest BCUT2D eigenvalue weighted by atomic mass is 9.78. The van der Waals surface area contributed by atoms with Gasteiger partial charge >= 0.3 is 17.9 Å². The summed E-state index contributed by atoms with van der Waals surface area (Å²) in [6, 6.07) is 11.9. The number of benzene rings is 2. The second-order valence-electron chi connectivity index (χ2n) is 6.97. The van der Waals surface area contributed by atoms with Gasteiger partial charge in [-0.25, -0.2) is 0 Å². The average Bonchev–Trinajstić information content (AvgIpc) is 2.73. The summed E-state index contributed by atoms with van der Waals surface area (Å²) in [6.07, 6.45) is 3.46. The first-order chi connectivity index (χ1) is 14.8. The highest BCUT2D eigenvalue weighted by atomic mass is 127. The van der Waals surface area contributed by atoms with Crippen LogP contribution in [0.4, 0.5) is 0 Å². The van der Waals surface area contributed by atoms with Gasteiger partial charge < -0.3 is 14.2 Å². The van der Waals surface area contributed by atoms with Crippen molar-refractivity contribution in [1.82, 2.24) is 0 Å². The van der Waals surface area contributed by atoms with E-state index in [1.807, 2.05) is 36.4 Å². The van der Waals surface area contributed by atoms with Crippen LogP contribution in [-0.2, 0) is 35.0 Å². The topological polar surface area (TPSA) is 78.9 Å². The van der Waals surface area contributed by atoms with E-state index in [1.54, 1.807) is 26.0 Å². The van der Waals surface area contributed by atoms with E-state index >= 15 is 0 Å². The number of carbonyl (C=O) groups excluding carboxylic acids is 3. The van der Waals surface area contributed by atoms with Crippen molar-refractivity contribution in [2.75, 3.05) is 19.8 Å². The monoisotopic (exact) mass is 538 g/mol. The molecule has 31 heavy (non-hydrogen) atoms. The van der Waals surface area contributed by atoms with Gasteiger partial charge in [-0.1, -0.05) is 42.5 Å². The molecule has 166 valence electrons. The molecule has 0 amide bonds. The number of carbonyl (C=O) groups is 3. The zero-order valence-electron chi connectivity index (χ0n) is 18.0. The number of ether oxygens (including phenoxy) is 3. The molecule has 0 bridgehead atoms. The number of rotatable bonds is 10. The fourth-order valence-electron chi connectivity index (χ4n) is 3.24. The summed E-state index contributed by atoms with van der Waals surface area (Å²) in [5, 5.41) is 2.10. The van der Waals surface area contributed by atoms with Crippen molar-refractivity contribution in [1.29, 1.82) is 0 Å². The second-order valence-corrected chi connectivity index (χ2v) is 8.13. The third kappa shape index (κ3) is 6.53. The summed E-state index contributed by atoms with van der Waals surface area (Å²) >= 11 is 2.22. The SMILES string of the molecule is CCOC(=O)C(CC=CCOC(C)=O)(Cc1cc2ccccc2cc1I)C(=O)OCC. The first-order valence-electron chi connectivity index (χ1n) is 10.1. The Labute approximate surface area is 196 Å². The summed E-state index contributed by atoms with van der Waals surface area (Å²) in [7, 11) is 0. The molecule has 0 unspecified atom stereocenters. The van der Waals surface area contributed by atoms with E-state index in [4.69, 9.17) is 14.2 Å². The number of fused-ring (bicyclic) bond motifs is 1. The minimum atomic E-state index is -1.54. The van der Waals surface area contributed by atoms with E-state index in [0.29, 0.717) is 0 Å². The van der Waals surface area contributed by atoms with Gasteiger partial charge in [0, 0.05) is 16.9 Å². The van der Waals surface area contributed by atoms with Crippen LogP contribution in [0.25, 0.3) is 10.8 Å². The summed E-state index contributed by atoms with van der Waals surface area (Å²) < 4.78 is 16.5. The summed E-state index contributed by atoms with van der Waals surface area (Å²) in [5.74, 6) is -1.67. The van der Waals surface area contributed by atoms with Gasteiger partial charge in [-0.3, -0.25) is 14.4 Å². The molecule has 0 saturated carbocycles. The standard InChI is InChI=1S/C24H27IO6/c1-4-29-22(27)24(23(28)30-5-2,12-8-9-13-31-17(3)26)16-20-14-18-10-6-7-11-19(18)15-21(20)25/h6-11,14-15H,4-5,12-13,16H2,1-3H3. The molecule has 0 radical (unpaired) electrons. The Morgan fingerprint density at radius 3 is 2.06 bits per heavy atom. The van der Waals surface area contributed by atoms with Crippen molar-refractivity contribution in [3.05, 3.63) is 57.7 Å². The highest BCUT2D eigenvalue weighted by Gasteiger charge is 2.48. The number of halogens is 1. The number of esters is 3. The number of hydrogen-bond acceptors (Lipinski definition) is 6. The second kappa shape index (κ2) is 11.8. The smallest absolute Gasteiger partial charge is 0.324 e. The van der Waals surface area contributed by atoms with Crippen LogP contribution in [0.3, 0.4) is 0 Å². The van der Waals surface area contributed by atoms with Crippen molar-refractivity contribution in [3.63, 3.8) is 0 Å². The van der Waals surface area contributed by atoms with Crippen LogP contribution in [0.1, 0.15) is 32.8 Å². The van der Waals surface area contributed by atoms with E-state index in [9.17, 15) is 14.4 Å². The Bertz CT molecular complexity index is 948. The van der Waals surface area contributed by atoms with E-state index in [1.165, 1.54) is 6.92 Å². The third-order valence-electron chi connectivity index (χ3n) is 4.76. The first-order valence-corrected chi connectivity index (χ1v) is 11.2. The lowest BCUT2D eigenvalue weighted by Crippen LogP contribution is -2.44. The van der Waals surface area contributed by atoms with Crippen LogP contribution in [0.2, 0.25) is 0 Å². The molecule has 0 spiro atoms. The minimum Gasteiger partial charge on any atom is -0.465 e. The summed E-state index contributed by atoms with van der Waals surface area (Å²) in [4.78, 5) is 37.1. The molecule has 0 heterocycles. The maximum absolute atomic E-state index is 13.1. The van der Waals surface area contributed by atoms with Crippen LogP contribution < -0.4 is 0 Å². The fraction of sp³-hybridized carbons (Fsp3) is 0.375. The maximum atomic E-state index is 13.1. The van der Waals surface area contributed by atoms with Crippen LogP contribution in [0.15, 0.2) is 48.6 Å². The molecule has 0 aliphatic rings. The Hall–Kier alpha value is -2.42. The largest absolute Gasteiger partial charge is 0.465 e. The van der Waals surface area contributed by atoms with Gasteiger partial charge in [0.15, 0.2) is 5.41 Å². The van der Waals surface area contributed by atoms with Gasteiger partial charge in [0.1, 0.15) is 6.61 Å². The molecule has 2 rings (SSSR count).